The molecule has 0 atom stereocenters. The van der Waals surface area contributed by atoms with Crippen molar-refractivity contribution in [2.45, 2.75) is 39.2 Å². The van der Waals surface area contributed by atoms with Crippen LogP contribution in [0.15, 0.2) is 18.2 Å². The standard InChI is InChI=1S/C15H19NO4/c1-9(2)10-5-6-12-11(7-10)16(13(17)8-20-12)15(3,4)14(18)19/h5-7,9H,8H2,1-4H3,(H,18,19). The predicted octanol–water partition coefficient (Wildman–Crippen LogP) is 2.40. The Balaban J connectivity index is 2.58. The first-order valence-corrected chi connectivity index (χ1v) is 6.58. The van der Waals surface area contributed by atoms with Gasteiger partial charge in [-0.2, -0.15) is 0 Å². The fourth-order valence-electron chi connectivity index (χ4n) is 2.24. The van der Waals surface area contributed by atoms with Crippen LogP contribution in [0.4, 0.5) is 5.69 Å². The first-order chi connectivity index (χ1) is 9.25. The van der Waals surface area contributed by atoms with Gasteiger partial charge in [-0.3, -0.25) is 9.69 Å². The van der Waals surface area contributed by atoms with Crippen molar-refractivity contribution >= 4 is 17.6 Å². The Morgan fingerprint density at radius 3 is 2.60 bits per heavy atom. The summed E-state index contributed by atoms with van der Waals surface area (Å²) in [7, 11) is 0. The van der Waals surface area contributed by atoms with E-state index in [1.54, 1.807) is 6.07 Å². The zero-order valence-electron chi connectivity index (χ0n) is 12.1. The summed E-state index contributed by atoms with van der Waals surface area (Å²) in [5.74, 6) is -0.560. The highest BCUT2D eigenvalue weighted by molar-refractivity contribution is 6.04. The number of amides is 1. The van der Waals surface area contributed by atoms with Crippen molar-refractivity contribution in [2.24, 2.45) is 0 Å². The zero-order valence-corrected chi connectivity index (χ0v) is 12.1. The number of fused-ring (bicyclic) bond motifs is 1. The largest absolute Gasteiger partial charge is 0.482 e. The summed E-state index contributed by atoms with van der Waals surface area (Å²) < 4.78 is 5.39. The van der Waals surface area contributed by atoms with E-state index < -0.39 is 11.5 Å². The van der Waals surface area contributed by atoms with Gasteiger partial charge in [-0.05, 0) is 37.5 Å². The highest BCUT2D eigenvalue weighted by atomic mass is 16.5. The second kappa shape index (κ2) is 4.81. The van der Waals surface area contributed by atoms with Gasteiger partial charge in [0.15, 0.2) is 6.61 Å². The Hall–Kier alpha value is -2.04. The van der Waals surface area contributed by atoms with Gasteiger partial charge in [-0.15, -0.1) is 0 Å². The van der Waals surface area contributed by atoms with E-state index in [1.165, 1.54) is 18.7 Å². The average Bonchev–Trinajstić information content (AvgIpc) is 2.37. The van der Waals surface area contributed by atoms with Crippen LogP contribution in [-0.2, 0) is 9.59 Å². The molecule has 0 aromatic heterocycles. The van der Waals surface area contributed by atoms with E-state index in [0.29, 0.717) is 11.4 Å². The fraction of sp³-hybridized carbons (Fsp3) is 0.467. The molecule has 0 saturated heterocycles. The van der Waals surface area contributed by atoms with Crippen LogP contribution in [-0.4, -0.2) is 29.1 Å². The van der Waals surface area contributed by atoms with E-state index >= 15 is 0 Å². The number of ether oxygens (including phenoxy) is 1. The fourth-order valence-corrected chi connectivity index (χ4v) is 2.24. The maximum absolute atomic E-state index is 12.1. The summed E-state index contributed by atoms with van der Waals surface area (Å²) in [5.41, 5.74) is 0.249. The van der Waals surface area contributed by atoms with Crippen LogP contribution in [0.1, 0.15) is 39.2 Å². The average molecular weight is 277 g/mol. The maximum atomic E-state index is 12.1. The van der Waals surface area contributed by atoms with Gasteiger partial charge in [0.05, 0.1) is 5.69 Å². The van der Waals surface area contributed by atoms with Crippen molar-refractivity contribution in [3.63, 3.8) is 0 Å². The number of carbonyl (C=O) groups excluding carboxylic acids is 1. The van der Waals surface area contributed by atoms with E-state index in [2.05, 4.69) is 0 Å². The number of anilines is 1. The van der Waals surface area contributed by atoms with Crippen LogP contribution >= 0.6 is 0 Å². The van der Waals surface area contributed by atoms with Crippen LogP contribution in [0.5, 0.6) is 5.75 Å². The molecule has 1 aromatic carbocycles. The molecule has 0 bridgehead atoms. The zero-order chi connectivity index (χ0) is 15.1. The topological polar surface area (TPSA) is 66.8 Å². The van der Waals surface area contributed by atoms with Crippen molar-refractivity contribution < 1.29 is 19.4 Å². The molecule has 20 heavy (non-hydrogen) atoms. The lowest BCUT2D eigenvalue weighted by Crippen LogP contribution is -2.56. The molecule has 2 rings (SSSR count). The summed E-state index contributed by atoms with van der Waals surface area (Å²) in [6.45, 7) is 6.99. The van der Waals surface area contributed by atoms with Gasteiger partial charge >= 0.3 is 5.97 Å². The molecule has 1 aliphatic heterocycles. The lowest BCUT2D eigenvalue weighted by atomic mass is 9.97. The number of carboxylic acid groups (broad SMARTS) is 1. The van der Waals surface area contributed by atoms with Gasteiger partial charge in [0.2, 0.25) is 0 Å². The molecule has 5 nitrogen and oxygen atoms in total. The Morgan fingerprint density at radius 2 is 2.05 bits per heavy atom. The lowest BCUT2D eigenvalue weighted by molar-refractivity contribution is -0.144. The Labute approximate surface area is 118 Å². The van der Waals surface area contributed by atoms with Crippen LogP contribution in [0, 0.1) is 0 Å². The summed E-state index contributed by atoms with van der Waals surface area (Å²) in [6.07, 6.45) is 0. The van der Waals surface area contributed by atoms with E-state index in [-0.39, 0.29) is 18.4 Å². The minimum Gasteiger partial charge on any atom is -0.482 e. The predicted molar refractivity (Wildman–Crippen MR) is 75.2 cm³/mol. The van der Waals surface area contributed by atoms with Crippen LogP contribution < -0.4 is 9.64 Å². The summed E-state index contributed by atoms with van der Waals surface area (Å²) >= 11 is 0. The normalized spacial score (nSPS) is 15.1. The number of benzene rings is 1. The number of nitrogens with zero attached hydrogens (tertiary/aromatic N) is 1. The number of carbonyl (C=O) groups is 2. The Morgan fingerprint density at radius 1 is 1.40 bits per heavy atom. The smallest absolute Gasteiger partial charge is 0.329 e. The molecule has 0 fully saturated rings. The third-order valence-electron chi connectivity index (χ3n) is 3.57. The maximum Gasteiger partial charge on any atom is 0.329 e. The quantitative estimate of drug-likeness (QED) is 0.921. The van der Waals surface area contributed by atoms with Gasteiger partial charge < -0.3 is 9.84 Å². The Kier molecular flexibility index (Phi) is 3.46. The molecular formula is C15H19NO4. The van der Waals surface area contributed by atoms with E-state index in [4.69, 9.17) is 4.74 Å². The summed E-state index contributed by atoms with van der Waals surface area (Å²) in [6, 6.07) is 5.56. The molecule has 0 radical (unpaired) electrons. The number of hydrogen-bond donors (Lipinski definition) is 1. The van der Waals surface area contributed by atoms with Gasteiger partial charge in [0, 0.05) is 0 Å². The first-order valence-electron chi connectivity index (χ1n) is 6.58. The number of hydrogen-bond acceptors (Lipinski definition) is 3. The van der Waals surface area contributed by atoms with Crippen molar-refractivity contribution in [3.8, 4) is 5.75 Å². The SMILES string of the molecule is CC(C)c1ccc2c(c1)N(C(C)(C)C(=O)O)C(=O)CO2. The summed E-state index contributed by atoms with van der Waals surface area (Å²) in [5, 5.41) is 9.38. The minimum absolute atomic E-state index is 0.134. The number of carboxylic acids is 1. The molecule has 1 aliphatic rings. The van der Waals surface area contributed by atoms with Crippen LogP contribution in [0.2, 0.25) is 0 Å². The third kappa shape index (κ3) is 2.24. The van der Waals surface area contributed by atoms with Crippen LogP contribution in [0.25, 0.3) is 0 Å². The van der Waals surface area contributed by atoms with Crippen molar-refractivity contribution in [3.05, 3.63) is 23.8 Å². The minimum atomic E-state index is -1.31. The highest BCUT2D eigenvalue weighted by Gasteiger charge is 2.42. The lowest BCUT2D eigenvalue weighted by Gasteiger charge is -2.38. The van der Waals surface area contributed by atoms with Crippen molar-refractivity contribution in [1.82, 2.24) is 0 Å². The summed E-state index contributed by atoms with van der Waals surface area (Å²) in [4.78, 5) is 24.9. The molecule has 1 aromatic rings. The number of rotatable bonds is 3. The molecular weight excluding hydrogens is 258 g/mol. The molecule has 108 valence electrons. The molecule has 0 aliphatic carbocycles. The van der Waals surface area contributed by atoms with Crippen molar-refractivity contribution in [1.29, 1.82) is 0 Å². The van der Waals surface area contributed by atoms with E-state index in [0.717, 1.165) is 5.56 Å². The van der Waals surface area contributed by atoms with Gasteiger partial charge in [-0.1, -0.05) is 19.9 Å². The number of aliphatic carboxylic acids is 1. The monoisotopic (exact) mass is 277 g/mol. The second-order valence-corrected chi connectivity index (χ2v) is 5.76. The van der Waals surface area contributed by atoms with Gasteiger partial charge in [0.1, 0.15) is 11.3 Å². The van der Waals surface area contributed by atoms with Crippen molar-refractivity contribution in [2.75, 3.05) is 11.5 Å². The molecule has 0 spiro atoms. The molecule has 5 heteroatoms. The molecule has 1 N–H and O–H groups in total. The van der Waals surface area contributed by atoms with Crippen LogP contribution in [0.3, 0.4) is 0 Å². The van der Waals surface area contributed by atoms with Gasteiger partial charge in [-0.25, -0.2) is 4.79 Å². The first kappa shape index (κ1) is 14.4. The molecule has 0 saturated carbocycles. The highest BCUT2D eigenvalue weighted by Crippen LogP contribution is 2.38. The molecule has 1 amide bonds. The van der Waals surface area contributed by atoms with E-state index in [9.17, 15) is 14.7 Å². The molecule has 0 unspecified atom stereocenters. The third-order valence-corrected chi connectivity index (χ3v) is 3.57. The Bertz CT molecular complexity index is 563. The van der Waals surface area contributed by atoms with Gasteiger partial charge in [0.25, 0.3) is 5.91 Å². The molecule has 1 heterocycles. The second-order valence-electron chi connectivity index (χ2n) is 5.76. The van der Waals surface area contributed by atoms with E-state index in [1.807, 2.05) is 26.0 Å².